The van der Waals surface area contributed by atoms with Gasteiger partial charge in [-0.1, -0.05) is 6.42 Å². The molecule has 0 saturated carbocycles. The molecule has 14 nitrogen and oxygen atoms in total. The predicted molar refractivity (Wildman–Crippen MR) is 122 cm³/mol. The highest BCUT2D eigenvalue weighted by Crippen LogP contribution is 2.20. The summed E-state index contributed by atoms with van der Waals surface area (Å²) in [5.41, 5.74) is 16.4. The number of primary amides is 1. The molecule has 35 heavy (non-hydrogen) atoms. The first-order valence-corrected chi connectivity index (χ1v) is 11.6. The van der Waals surface area contributed by atoms with E-state index in [1.54, 1.807) is 0 Å². The second-order valence-electron chi connectivity index (χ2n) is 8.48. The number of nitrogens with one attached hydrogen (secondary N) is 2. The van der Waals surface area contributed by atoms with Gasteiger partial charge in [-0.05, 0) is 45.1 Å². The maximum atomic E-state index is 13.2. The summed E-state index contributed by atoms with van der Waals surface area (Å²) in [6.07, 6.45) is 1.22. The minimum absolute atomic E-state index is 0.165. The molecule has 4 unspecified atom stereocenters. The van der Waals surface area contributed by atoms with Crippen molar-refractivity contribution < 1.29 is 39.0 Å². The quantitative estimate of drug-likeness (QED) is 0.111. The van der Waals surface area contributed by atoms with Crippen LogP contribution in [0.5, 0.6) is 0 Å². The molecule has 1 aliphatic heterocycles. The smallest absolute Gasteiger partial charge is 0.326 e. The van der Waals surface area contributed by atoms with Crippen LogP contribution < -0.4 is 27.8 Å². The summed E-state index contributed by atoms with van der Waals surface area (Å²) in [5, 5.41) is 23.2. The van der Waals surface area contributed by atoms with Gasteiger partial charge in [0.15, 0.2) is 0 Å². The van der Waals surface area contributed by atoms with Gasteiger partial charge in [0, 0.05) is 19.4 Å². The van der Waals surface area contributed by atoms with Gasteiger partial charge in [-0.3, -0.25) is 24.0 Å². The SMILES string of the molecule is NCCCCC(N)C(=O)NC(CCC(=O)O)C(=O)N1CCCC1C(=O)NC(CCC(N)=O)C(=O)O. The van der Waals surface area contributed by atoms with Crippen LogP contribution in [-0.4, -0.2) is 87.9 Å². The highest BCUT2D eigenvalue weighted by molar-refractivity contribution is 5.94. The molecular formula is C21H36N6O8. The molecule has 0 aromatic carbocycles. The van der Waals surface area contributed by atoms with Crippen molar-refractivity contribution in [1.29, 1.82) is 0 Å². The Labute approximate surface area is 202 Å². The van der Waals surface area contributed by atoms with E-state index in [9.17, 15) is 33.9 Å². The molecule has 1 rings (SSSR count). The highest BCUT2D eigenvalue weighted by atomic mass is 16.4. The Morgan fingerprint density at radius 1 is 0.943 bits per heavy atom. The van der Waals surface area contributed by atoms with Crippen molar-refractivity contribution in [3.63, 3.8) is 0 Å². The van der Waals surface area contributed by atoms with Crippen molar-refractivity contribution in [3.05, 3.63) is 0 Å². The summed E-state index contributed by atoms with van der Waals surface area (Å²) >= 11 is 0. The molecule has 0 aromatic heterocycles. The fraction of sp³-hybridized carbons (Fsp3) is 0.714. The summed E-state index contributed by atoms with van der Waals surface area (Å²) in [7, 11) is 0. The molecule has 1 aliphatic rings. The first-order chi connectivity index (χ1) is 16.5. The number of aliphatic carboxylic acids is 2. The lowest BCUT2D eigenvalue weighted by Crippen LogP contribution is -2.56. The van der Waals surface area contributed by atoms with Crippen molar-refractivity contribution in [1.82, 2.24) is 15.5 Å². The van der Waals surface area contributed by atoms with Crippen LogP contribution in [0.15, 0.2) is 0 Å². The van der Waals surface area contributed by atoms with Crippen molar-refractivity contribution in [2.24, 2.45) is 17.2 Å². The van der Waals surface area contributed by atoms with Crippen LogP contribution in [0.4, 0.5) is 0 Å². The molecule has 1 heterocycles. The molecule has 198 valence electrons. The van der Waals surface area contributed by atoms with Gasteiger partial charge in [0.25, 0.3) is 0 Å². The molecule has 0 aromatic rings. The maximum Gasteiger partial charge on any atom is 0.326 e. The molecule has 0 radical (unpaired) electrons. The summed E-state index contributed by atoms with van der Waals surface area (Å²) in [4.78, 5) is 73.2. The van der Waals surface area contributed by atoms with E-state index in [1.165, 1.54) is 4.90 Å². The van der Waals surface area contributed by atoms with E-state index in [0.717, 1.165) is 0 Å². The number of likely N-dealkylation sites (tertiary alicyclic amines) is 1. The number of unbranched alkanes of at least 4 members (excludes halogenated alkanes) is 1. The van der Waals surface area contributed by atoms with Crippen LogP contribution in [0.1, 0.15) is 57.8 Å². The van der Waals surface area contributed by atoms with Crippen LogP contribution >= 0.6 is 0 Å². The van der Waals surface area contributed by atoms with E-state index < -0.39 is 66.2 Å². The van der Waals surface area contributed by atoms with Gasteiger partial charge in [-0.25, -0.2) is 4.79 Å². The van der Waals surface area contributed by atoms with E-state index in [2.05, 4.69) is 10.6 Å². The third-order valence-corrected chi connectivity index (χ3v) is 5.70. The van der Waals surface area contributed by atoms with Gasteiger partial charge in [-0.2, -0.15) is 0 Å². The number of carboxylic acid groups (broad SMARTS) is 2. The van der Waals surface area contributed by atoms with Gasteiger partial charge >= 0.3 is 11.9 Å². The third-order valence-electron chi connectivity index (χ3n) is 5.70. The van der Waals surface area contributed by atoms with Gasteiger partial charge in [-0.15, -0.1) is 0 Å². The molecule has 4 atom stereocenters. The lowest BCUT2D eigenvalue weighted by atomic mass is 10.1. The number of carbonyl (C=O) groups excluding carboxylic acids is 4. The fourth-order valence-electron chi connectivity index (χ4n) is 3.76. The summed E-state index contributed by atoms with van der Waals surface area (Å²) in [5.74, 6) is -5.25. The van der Waals surface area contributed by atoms with Crippen molar-refractivity contribution in [2.75, 3.05) is 13.1 Å². The van der Waals surface area contributed by atoms with Crippen LogP contribution in [0.2, 0.25) is 0 Å². The zero-order chi connectivity index (χ0) is 26.5. The molecule has 4 amide bonds. The normalized spacial score (nSPS) is 17.8. The molecule has 1 saturated heterocycles. The maximum absolute atomic E-state index is 13.2. The molecule has 10 N–H and O–H groups in total. The minimum Gasteiger partial charge on any atom is -0.481 e. The number of rotatable bonds is 16. The van der Waals surface area contributed by atoms with E-state index >= 15 is 0 Å². The fourth-order valence-corrected chi connectivity index (χ4v) is 3.76. The van der Waals surface area contributed by atoms with Gasteiger partial charge in [0.05, 0.1) is 6.04 Å². The van der Waals surface area contributed by atoms with E-state index in [4.69, 9.17) is 22.3 Å². The number of amides is 4. The van der Waals surface area contributed by atoms with E-state index in [-0.39, 0.29) is 32.2 Å². The molecule has 0 aliphatic carbocycles. The van der Waals surface area contributed by atoms with Gasteiger partial charge in [0.2, 0.25) is 23.6 Å². The second kappa shape index (κ2) is 14.9. The van der Waals surface area contributed by atoms with Gasteiger partial charge in [0.1, 0.15) is 18.1 Å². The molecule has 1 fully saturated rings. The zero-order valence-electron chi connectivity index (χ0n) is 19.6. The highest BCUT2D eigenvalue weighted by Gasteiger charge is 2.39. The summed E-state index contributed by atoms with van der Waals surface area (Å²) < 4.78 is 0. The van der Waals surface area contributed by atoms with Crippen LogP contribution in [0.3, 0.4) is 0 Å². The number of carboxylic acids is 2. The topological polar surface area (TPSA) is 248 Å². The second-order valence-corrected chi connectivity index (χ2v) is 8.48. The molecule has 14 heteroatoms. The number of nitrogens with two attached hydrogens (primary N) is 3. The van der Waals surface area contributed by atoms with Crippen molar-refractivity contribution in [3.8, 4) is 0 Å². The van der Waals surface area contributed by atoms with Crippen molar-refractivity contribution >= 4 is 35.6 Å². The monoisotopic (exact) mass is 500 g/mol. The minimum atomic E-state index is -1.37. The van der Waals surface area contributed by atoms with Crippen molar-refractivity contribution in [2.45, 2.75) is 82.0 Å². The Balaban J connectivity index is 2.92. The lowest BCUT2D eigenvalue weighted by molar-refractivity contribution is -0.145. The van der Waals surface area contributed by atoms with Crippen LogP contribution in [0.25, 0.3) is 0 Å². The van der Waals surface area contributed by atoms with E-state index in [1.807, 2.05) is 0 Å². The number of hydrogen-bond acceptors (Lipinski definition) is 8. The Kier molecular flexibility index (Phi) is 12.7. The Morgan fingerprint density at radius 3 is 2.17 bits per heavy atom. The molecule has 0 bridgehead atoms. The Morgan fingerprint density at radius 2 is 1.60 bits per heavy atom. The number of hydrogen-bond donors (Lipinski definition) is 7. The predicted octanol–water partition coefficient (Wildman–Crippen LogP) is -2.38. The molecule has 0 spiro atoms. The lowest BCUT2D eigenvalue weighted by Gasteiger charge is -2.30. The Bertz CT molecular complexity index is 792. The summed E-state index contributed by atoms with van der Waals surface area (Å²) in [6.45, 7) is 0.607. The standard InChI is InChI=1S/C21H36N6O8/c22-10-2-1-4-12(23)18(31)25-13(7-9-17(29)30)20(33)27-11-3-5-15(27)19(32)26-14(21(34)35)6-8-16(24)28/h12-15H,1-11,22-23H2,(H2,24,28)(H,25,31)(H,26,32)(H,29,30)(H,34,35). The molecular weight excluding hydrogens is 464 g/mol. The number of nitrogens with zero attached hydrogens (tertiary/aromatic N) is 1. The van der Waals surface area contributed by atoms with Crippen LogP contribution in [-0.2, 0) is 28.8 Å². The average Bonchev–Trinajstić information content (AvgIpc) is 3.28. The summed E-state index contributed by atoms with van der Waals surface area (Å²) in [6, 6.07) is -4.53. The zero-order valence-corrected chi connectivity index (χ0v) is 19.6. The first kappa shape index (κ1) is 29.8. The first-order valence-electron chi connectivity index (χ1n) is 11.6. The third kappa shape index (κ3) is 10.3. The Hall–Kier alpha value is -3.26. The van der Waals surface area contributed by atoms with Crippen LogP contribution in [0, 0.1) is 0 Å². The average molecular weight is 501 g/mol. The van der Waals surface area contributed by atoms with E-state index in [0.29, 0.717) is 32.2 Å². The number of carbonyl (C=O) groups is 6. The largest absolute Gasteiger partial charge is 0.481 e. The van der Waals surface area contributed by atoms with Gasteiger partial charge < -0.3 is 42.9 Å².